The van der Waals surface area contributed by atoms with E-state index in [2.05, 4.69) is 44.2 Å². The maximum Gasteiger partial charge on any atom is 0.290 e. The van der Waals surface area contributed by atoms with Crippen molar-refractivity contribution in [2.75, 3.05) is 32.6 Å². The van der Waals surface area contributed by atoms with Crippen LogP contribution in [0.25, 0.3) is 22.1 Å². The Morgan fingerprint density at radius 1 is 0.921 bits per heavy atom. The molecule has 12 nitrogen and oxygen atoms in total. The van der Waals surface area contributed by atoms with E-state index in [4.69, 9.17) is 21.1 Å². The number of halogens is 1. The van der Waals surface area contributed by atoms with E-state index < -0.39 is 0 Å². The summed E-state index contributed by atoms with van der Waals surface area (Å²) >= 11 is 5.54. The van der Waals surface area contributed by atoms with Crippen molar-refractivity contribution in [3.05, 3.63) is 52.1 Å². The van der Waals surface area contributed by atoms with Crippen molar-refractivity contribution in [1.29, 1.82) is 0 Å². The minimum absolute atomic E-state index is 0.0826. The van der Waals surface area contributed by atoms with E-state index in [0.29, 0.717) is 67.8 Å². The van der Waals surface area contributed by atoms with Crippen molar-refractivity contribution in [1.82, 2.24) is 25.1 Å². The van der Waals surface area contributed by atoms with Crippen molar-refractivity contribution in [2.24, 2.45) is 0 Å². The predicted molar refractivity (Wildman–Crippen MR) is 143 cm³/mol. The first-order valence-electron chi connectivity index (χ1n) is 12.4. The molecule has 4 aromatic rings. The highest BCUT2D eigenvalue weighted by Crippen LogP contribution is 2.22. The lowest BCUT2D eigenvalue weighted by molar-refractivity contribution is -0.643. The lowest BCUT2D eigenvalue weighted by atomic mass is 9.98. The third-order valence-electron chi connectivity index (χ3n) is 6.60. The van der Waals surface area contributed by atoms with Crippen LogP contribution in [0.1, 0.15) is 33.1 Å². The summed E-state index contributed by atoms with van der Waals surface area (Å²) < 4.78 is 10.2. The molecule has 0 aliphatic carbocycles. The summed E-state index contributed by atoms with van der Waals surface area (Å²) in [5, 5.41) is 33.8. The topological polar surface area (TPSA) is 139 Å². The quantitative estimate of drug-likeness (QED) is 0.285. The molecule has 2 aromatic heterocycles. The molecule has 1 saturated heterocycles. The van der Waals surface area contributed by atoms with Gasteiger partial charge in [-0.1, -0.05) is 6.42 Å². The second-order valence-electron chi connectivity index (χ2n) is 9.06. The Balaban J connectivity index is 0.000000204. The zero-order valence-corrected chi connectivity index (χ0v) is 22.6. The number of rotatable bonds is 6. The maximum atomic E-state index is 12.0. The Hall–Kier alpha value is -3.77. The van der Waals surface area contributed by atoms with Gasteiger partial charge in [0.1, 0.15) is 22.5 Å². The number of hydrogen-bond donors (Lipinski definition) is 1. The Morgan fingerprint density at radius 2 is 1.47 bits per heavy atom. The van der Waals surface area contributed by atoms with Crippen LogP contribution in [-0.4, -0.2) is 64.5 Å². The molecule has 1 aliphatic heterocycles. The van der Waals surface area contributed by atoms with Crippen molar-refractivity contribution < 1.29 is 19.2 Å². The Morgan fingerprint density at radius 3 is 2.05 bits per heavy atom. The van der Waals surface area contributed by atoms with Crippen LogP contribution < -0.4 is 24.5 Å². The lowest BCUT2D eigenvalue weighted by Crippen LogP contribution is -2.46. The van der Waals surface area contributed by atoms with Gasteiger partial charge < -0.3 is 25.2 Å². The SMILES string of the molecule is COc1ccc2c(c1)nc(Cl)n[n+]2[O-].COc1ccc2c(c1)nc(NCCN1C(C)CCCC1C)n[n+]2[O-]. The Kier molecular flexibility index (Phi) is 8.74. The van der Waals surface area contributed by atoms with Crippen molar-refractivity contribution >= 4 is 39.6 Å². The summed E-state index contributed by atoms with van der Waals surface area (Å²) in [7, 11) is 3.13. The van der Waals surface area contributed by atoms with Crippen LogP contribution in [0, 0.1) is 10.4 Å². The molecule has 0 amide bonds. The van der Waals surface area contributed by atoms with Crippen LogP contribution in [-0.2, 0) is 0 Å². The van der Waals surface area contributed by atoms with Gasteiger partial charge in [0.05, 0.1) is 19.3 Å². The second kappa shape index (κ2) is 12.2. The normalized spacial score (nSPS) is 17.6. The van der Waals surface area contributed by atoms with Crippen molar-refractivity contribution in [2.45, 2.75) is 45.2 Å². The molecule has 0 saturated carbocycles. The summed E-state index contributed by atoms with van der Waals surface area (Å²) in [4.78, 5) is 11.9. The number of nitrogens with one attached hydrogen (secondary N) is 1. The monoisotopic (exact) mass is 542 g/mol. The zero-order chi connectivity index (χ0) is 27.2. The van der Waals surface area contributed by atoms with E-state index in [0.717, 1.165) is 6.54 Å². The highest BCUT2D eigenvalue weighted by molar-refractivity contribution is 6.28. The average Bonchev–Trinajstić information content (AvgIpc) is 2.90. The van der Waals surface area contributed by atoms with Gasteiger partial charge in [-0.2, -0.15) is 0 Å². The molecule has 0 bridgehead atoms. The summed E-state index contributed by atoms with van der Waals surface area (Å²) in [5.41, 5.74) is 1.82. The fourth-order valence-electron chi connectivity index (χ4n) is 4.58. The number of ether oxygens (including phenoxy) is 2. The van der Waals surface area contributed by atoms with Crippen molar-refractivity contribution in [3.8, 4) is 11.5 Å². The summed E-state index contributed by atoms with van der Waals surface area (Å²) in [6.45, 7) is 6.19. The molecule has 0 spiro atoms. The van der Waals surface area contributed by atoms with Crippen molar-refractivity contribution in [3.63, 3.8) is 0 Å². The summed E-state index contributed by atoms with van der Waals surface area (Å²) in [6.07, 6.45) is 3.80. The summed E-state index contributed by atoms with van der Waals surface area (Å²) in [6, 6.07) is 11.2. The molecule has 13 heteroatoms. The number of fused-ring (bicyclic) bond motifs is 2. The molecule has 2 atom stereocenters. The smallest absolute Gasteiger partial charge is 0.290 e. The fraction of sp³-hybridized carbons (Fsp3) is 0.440. The van der Waals surface area contributed by atoms with E-state index in [1.54, 1.807) is 43.5 Å². The molecule has 5 rings (SSSR count). The predicted octanol–water partition coefficient (Wildman–Crippen LogP) is 2.87. The number of anilines is 1. The molecule has 38 heavy (non-hydrogen) atoms. The van der Waals surface area contributed by atoms with Gasteiger partial charge in [0.25, 0.3) is 22.3 Å². The van der Waals surface area contributed by atoms with Gasteiger partial charge in [0, 0.05) is 54.5 Å². The van der Waals surface area contributed by atoms with Crippen LogP contribution in [0.15, 0.2) is 36.4 Å². The Labute approximate surface area is 225 Å². The van der Waals surface area contributed by atoms with Crippen LogP contribution in [0.4, 0.5) is 5.95 Å². The van der Waals surface area contributed by atoms with Gasteiger partial charge in [0.15, 0.2) is 0 Å². The molecule has 1 fully saturated rings. The van der Waals surface area contributed by atoms with Gasteiger partial charge in [-0.05, 0) is 60.1 Å². The van der Waals surface area contributed by atoms with E-state index in [1.165, 1.54) is 26.4 Å². The fourth-order valence-corrected chi connectivity index (χ4v) is 4.74. The van der Waals surface area contributed by atoms with E-state index in [1.807, 2.05) is 0 Å². The first kappa shape index (κ1) is 27.3. The highest BCUT2D eigenvalue weighted by Gasteiger charge is 2.24. The van der Waals surface area contributed by atoms with Crippen LogP contribution >= 0.6 is 11.6 Å². The maximum absolute atomic E-state index is 12.0. The number of likely N-dealkylation sites (tertiary alicyclic amines) is 1. The number of nitrogens with zero attached hydrogens (tertiary/aromatic N) is 7. The molecule has 2 aromatic carbocycles. The molecule has 1 aliphatic rings. The van der Waals surface area contributed by atoms with E-state index in [9.17, 15) is 10.4 Å². The molecule has 1 N–H and O–H groups in total. The van der Waals surface area contributed by atoms with Gasteiger partial charge >= 0.3 is 0 Å². The number of methoxy groups -OCH3 is 2. The zero-order valence-electron chi connectivity index (χ0n) is 21.8. The number of benzene rings is 2. The average molecular weight is 543 g/mol. The molecular formula is C25H31ClN8O4. The van der Waals surface area contributed by atoms with Gasteiger partial charge in [-0.25, -0.2) is 9.97 Å². The number of aromatic nitrogens is 6. The van der Waals surface area contributed by atoms with Crippen LogP contribution in [0.3, 0.4) is 0 Å². The van der Waals surface area contributed by atoms with Gasteiger partial charge in [-0.15, -0.1) is 0 Å². The first-order chi connectivity index (χ1) is 18.3. The van der Waals surface area contributed by atoms with Crippen LogP contribution in [0.5, 0.6) is 11.5 Å². The third kappa shape index (κ3) is 6.37. The van der Waals surface area contributed by atoms with E-state index >= 15 is 0 Å². The molecule has 2 unspecified atom stereocenters. The summed E-state index contributed by atoms with van der Waals surface area (Å²) in [5.74, 6) is 1.64. The minimum atomic E-state index is -0.0826. The molecule has 202 valence electrons. The van der Waals surface area contributed by atoms with E-state index in [-0.39, 0.29) is 5.28 Å². The largest absolute Gasteiger partial charge is 0.594 e. The Bertz CT molecular complexity index is 1400. The number of hydrogen-bond acceptors (Lipinski definition) is 10. The highest BCUT2D eigenvalue weighted by atomic mass is 35.5. The third-order valence-corrected chi connectivity index (χ3v) is 6.76. The second-order valence-corrected chi connectivity index (χ2v) is 9.40. The minimum Gasteiger partial charge on any atom is -0.594 e. The standard InChI is InChI=1S/C17H25N5O2.C8H6ClN3O2/c1-12-5-4-6-13(2)21(12)10-9-18-17-19-15-11-14(24-3)7-8-16(15)22(23)20-17;1-14-5-2-3-7-6(4-5)10-8(9)11-12(7)13/h7-8,11-13H,4-6,9-10H2,1-3H3,(H,18,19,20);2-4H,1H3. The number of piperidine rings is 1. The molecule has 0 radical (unpaired) electrons. The first-order valence-corrected chi connectivity index (χ1v) is 12.7. The molecular weight excluding hydrogens is 512 g/mol. The lowest BCUT2D eigenvalue weighted by Gasteiger charge is -2.38. The molecule has 3 heterocycles. The van der Waals surface area contributed by atoms with Gasteiger partial charge in [-0.3, -0.25) is 4.90 Å². The van der Waals surface area contributed by atoms with Crippen LogP contribution in [0.2, 0.25) is 5.28 Å². The van der Waals surface area contributed by atoms with Gasteiger partial charge in [0.2, 0.25) is 0 Å².